The number of carbonyl (C=O) groups excluding carboxylic acids is 1. The van der Waals surface area contributed by atoms with Gasteiger partial charge >= 0.3 is 11.9 Å². The van der Waals surface area contributed by atoms with Crippen LogP contribution in [0.5, 0.6) is 0 Å². The fourth-order valence-corrected chi connectivity index (χ4v) is 0.887. The van der Waals surface area contributed by atoms with E-state index >= 15 is 0 Å². The van der Waals surface area contributed by atoms with Crippen LogP contribution in [0.25, 0.3) is 0 Å². The molecule has 0 aliphatic heterocycles. The van der Waals surface area contributed by atoms with Gasteiger partial charge in [0.25, 0.3) is 0 Å². The van der Waals surface area contributed by atoms with Crippen LogP contribution < -0.4 is 0 Å². The first kappa shape index (κ1) is 19.2. The molecule has 0 spiro atoms. The Labute approximate surface area is 108 Å². The predicted molar refractivity (Wildman–Crippen MR) is 66.2 cm³/mol. The summed E-state index contributed by atoms with van der Waals surface area (Å²) in [4.78, 5) is 20.6. The third-order valence-corrected chi connectivity index (χ3v) is 1.99. The van der Waals surface area contributed by atoms with Crippen molar-refractivity contribution in [1.29, 1.82) is 0 Å². The van der Waals surface area contributed by atoms with Gasteiger partial charge in [-0.25, -0.2) is 4.79 Å². The van der Waals surface area contributed by atoms with Crippen molar-refractivity contribution in [2.45, 2.75) is 40.2 Å². The van der Waals surface area contributed by atoms with E-state index < -0.39 is 18.0 Å². The van der Waals surface area contributed by atoms with Crippen LogP contribution in [-0.2, 0) is 19.1 Å². The highest BCUT2D eigenvalue weighted by Crippen LogP contribution is 2.02. The minimum absolute atomic E-state index is 0.323. The van der Waals surface area contributed by atoms with Crippen LogP contribution >= 0.6 is 0 Å². The Morgan fingerprint density at radius 3 is 1.94 bits per heavy atom. The number of hydrogen-bond donors (Lipinski definition) is 2. The van der Waals surface area contributed by atoms with Crippen LogP contribution in [-0.4, -0.2) is 48.1 Å². The number of carbonyl (C=O) groups is 2. The average Bonchev–Trinajstić information content (AvgIpc) is 2.30. The highest BCUT2D eigenvalue weighted by atomic mass is 16.5. The van der Waals surface area contributed by atoms with E-state index in [9.17, 15) is 9.59 Å². The molecule has 0 aliphatic rings. The summed E-state index contributed by atoms with van der Waals surface area (Å²) in [5, 5.41) is 17.0. The first-order valence-corrected chi connectivity index (χ1v) is 6.05. The predicted octanol–water partition coefficient (Wildman–Crippen LogP) is 1.06. The van der Waals surface area contributed by atoms with Crippen LogP contribution in [0.1, 0.15) is 34.1 Å². The van der Waals surface area contributed by atoms with Gasteiger partial charge in [0.1, 0.15) is 6.10 Å². The molecule has 108 valence electrons. The van der Waals surface area contributed by atoms with Gasteiger partial charge in [-0.2, -0.15) is 0 Å². The molecular formula is C12H24O6. The Hall–Kier alpha value is -1.14. The summed E-state index contributed by atoms with van der Waals surface area (Å²) >= 11 is 0. The maximum atomic E-state index is 10.4. The maximum absolute atomic E-state index is 10.4. The lowest BCUT2D eigenvalue weighted by Crippen LogP contribution is -2.18. The molecule has 0 radical (unpaired) electrons. The molecule has 0 bridgehead atoms. The number of ether oxygens (including phenoxy) is 2. The Balaban J connectivity index is 0. The number of esters is 1. The minimum Gasteiger partial charge on any atom is -0.481 e. The topological polar surface area (TPSA) is 93.1 Å². The summed E-state index contributed by atoms with van der Waals surface area (Å²) in [6.45, 7) is 8.01. The fraction of sp³-hybridized carbons (Fsp3) is 0.833. The molecule has 2 N–H and O–H groups in total. The number of hydrogen-bond acceptors (Lipinski definition) is 5. The summed E-state index contributed by atoms with van der Waals surface area (Å²) in [7, 11) is 0. The molecule has 6 heteroatoms. The second-order valence-electron chi connectivity index (χ2n) is 3.53. The van der Waals surface area contributed by atoms with E-state index in [4.69, 9.17) is 14.9 Å². The monoisotopic (exact) mass is 264 g/mol. The van der Waals surface area contributed by atoms with Crippen molar-refractivity contribution < 1.29 is 29.3 Å². The number of aliphatic hydroxyl groups excluding tert-OH is 1. The molecule has 0 aromatic carbocycles. The van der Waals surface area contributed by atoms with Gasteiger partial charge in [0.2, 0.25) is 0 Å². The fourth-order valence-electron chi connectivity index (χ4n) is 0.887. The van der Waals surface area contributed by atoms with Crippen LogP contribution in [0.2, 0.25) is 0 Å². The molecule has 0 aromatic rings. The molecule has 0 saturated heterocycles. The zero-order valence-corrected chi connectivity index (χ0v) is 11.5. The lowest BCUT2D eigenvalue weighted by molar-refractivity contribution is -0.152. The lowest BCUT2D eigenvalue weighted by Gasteiger charge is -2.07. The quantitative estimate of drug-likeness (QED) is 0.668. The Kier molecular flexibility index (Phi) is 13.1. The summed E-state index contributed by atoms with van der Waals surface area (Å²) in [6.07, 6.45) is -0.357. The van der Waals surface area contributed by atoms with Crippen molar-refractivity contribution in [3.8, 4) is 0 Å². The molecular weight excluding hydrogens is 240 g/mol. The minimum atomic E-state index is -0.991. The van der Waals surface area contributed by atoms with Crippen molar-refractivity contribution in [1.82, 2.24) is 0 Å². The molecule has 2 unspecified atom stereocenters. The van der Waals surface area contributed by atoms with Gasteiger partial charge in [-0.05, 0) is 27.2 Å². The van der Waals surface area contributed by atoms with Gasteiger partial charge in [-0.3, -0.25) is 4.79 Å². The number of rotatable bonds is 7. The molecule has 0 saturated carbocycles. The molecule has 6 nitrogen and oxygen atoms in total. The van der Waals surface area contributed by atoms with Gasteiger partial charge in [0.05, 0.1) is 19.1 Å². The standard InChI is InChI=1S/C7H14O3.C5H10O3/c1-3-6(7(8)9)5-10-4-2;1-3-8-5(7)4(2)6/h6H,3-5H2,1-2H3,(H,8,9);4,6H,3H2,1-2H3. The van der Waals surface area contributed by atoms with Gasteiger partial charge in [0, 0.05) is 6.61 Å². The normalized spacial score (nSPS) is 12.9. The van der Waals surface area contributed by atoms with E-state index in [-0.39, 0.29) is 5.92 Å². The van der Waals surface area contributed by atoms with E-state index in [2.05, 4.69) is 4.74 Å². The summed E-state index contributed by atoms with van der Waals surface area (Å²) in [5.41, 5.74) is 0. The summed E-state index contributed by atoms with van der Waals surface area (Å²) in [5.74, 6) is -1.66. The second kappa shape index (κ2) is 12.3. The van der Waals surface area contributed by atoms with E-state index in [1.54, 1.807) is 6.92 Å². The Morgan fingerprint density at radius 2 is 1.72 bits per heavy atom. The molecule has 0 amide bonds. The first-order chi connectivity index (χ1) is 8.40. The van der Waals surface area contributed by atoms with Crippen LogP contribution in [0, 0.1) is 5.92 Å². The van der Waals surface area contributed by atoms with Crippen molar-refractivity contribution in [2.75, 3.05) is 19.8 Å². The number of carboxylic acids is 1. The van der Waals surface area contributed by atoms with E-state index in [0.717, 1.165) is 0 Å². The highest BCUT2D eigenvalue weighted by molar-refractivity contribution is 5.73. The Bertz CT molecular complexity index is 227. The van der Waals surface area contributed by atoms with Gasteiger partial charge in [0.15, 0.2) is 0 Å². The first-order valence-electron chi connectivity index (χ1n) is 6.05. The molecule has 0 rings (SSSR count). The van der Waals surface area contributed by atoms with Crippen molar-refractivity contribution in [3.63, 3.8) is 0 Å². The Morgan fingerprint density at radius 1 is 1.17 bits per heavy atom. The largest absolute Gasteiger partial charge is 0.481 e. The molecule has 18 heavy (non-hydrogen) atoms. The van der Waals surface area contributed by atoms with E-state index in [1.807, 2.05) is 13.8 Å². The van der Waals surface area contributed by atoms with Crippen LogP contribution in [0.15, 0.2) is 0 Å². The third-order valence-electron chi connectivity index (χ3n) is 1.99. The lowest BCUT2D eigenvalue weighted by atomic mass is 10.1. The van der Waals surface area contributed by atoms with E-state index in [0.29, 0.717) is 26.2 Å². The maximum Gasteiger partial charge on any atom is 0.334 e. The van der Waals surface area contributed by atoms with Crippen LogP contribution in [0.4, 0.5) is 0 Å². The number of aliphatic carboxylic acids is 1. The summed E-state index contributed by atoms with van der Waals surface area (Å²) < 4.78 is 9.38. The SMILES string of the molecule is CCOC(=O)C(C)O.CCOCC(CC)C(=O)O. The smallest absolute Gasteiger partial charge is 0.334 e. The van der Waals surface area contributed by atoms with Crippen molar-refractivity contribution >= 4 is 11.9 Å². The van der Waals surface area contributed by atoms with Crippen molar-refractivity contribution in [3.05, 3.63) is 0 Å². The number of aliphatic hydroxyl groups is 1. The van der Waals surface area contributed by atoms with Gasteiger partial charge in [-0.1, -0.05) is 6.92 Å². The van der Waals surface area contributed by atoms with Gasteiger partial charge in [-0.15, -0.1) is 0 Å². The summed E-state index contributed by atoms with van der Waals surface area (Å²) in [6, 6.07) is 0. The average molecular weight is 264 g/mol. The molecule has 0 aliphatic carbocycles. The molecule has 0 fully saturated rings. The third kappa shape index (κ3) is 11.3. The molecule has 0 heterocycles. The zero-order valence-electron chi connectivity index (χ0n) is 11.5. The molecule has 0 aromatic heterocycles. The van der Waals surface area contributed by atoms with E-state index in [1.165, 1.54) is 6.92 Å². The van der Waals surface area contributed by atoms with Gasteiger partial charge < -0.3 is 19.7 Å². The van der Waals surface area contributed by atoms with Crippen LogP contribution in [0.3, 0.4) is 0 Å². The highest BCUT2D eigenvalue weighted by Gasteiger charge is 2.13. The zero-order chi connectivity index (χ0) is 14.6. The van der Waals surface area contributed by atoms with Crippen molar-refractivity contribution in [2.24, 2.45) is 5.92 Å². The number of carboxylic acid groups (broad SMARTS) is 1. The second-order valence-corrected chi connectivity index (χ2v) is 3.53. The molecule has 2 atom stereocenters.